The molecule has 0 aliphatic heterocycles. The fourth-order valence-corrected chi connectivity index (χ4v) is 2.45. The smallest absolute Gasteiger partial charge is 0.271 e. The predicted molar refractivity (Wildman–Crippen MR) is 92.2 cm³/mol. The van der Waals surface area contributed by atoms with Crippen molar-refractivity contribution in [2.24, 2.45) is 5.10 Å². The standard InChI is InChI=1S/C16H18N4O4/c1-10(2)13-6-4-11(3)8-15(13)18-17-14-7-5-12(19(21)22)9-16(14)20(23)24/h5,7-9,17H,4,6H2,1-3H3/b18-15-. The summed E-state index contributed by atoms with van der Waals surface area (Å²) in [6, 6.07) is 3.42. The van der Waals surface area contributed by atoms with Gasteiger partial charge in [-0.05, 0) is 51.3 Å². The van der Waals surface area contributed by atoms with E-state index in [-0.39, 0.29) is 17.1 Å². The van der Waals surface area contributed by atoms with Gasteiger partial charge in [0.15, 0.2) is 0 Å². The number of nitrogens with zero attached hydrogens (tertiary/aromatic N) is 3. The number of nitro benzene ring substituents is 2. The molecule has 8 heteroatoms. The summed E-state index contributed by atoms with van der Waals surface area (Å²) in [4.78, 5) is 20.6. The minimum Gasteiger partial charge on any atom is -0.271 e. The molecule has 0 radical (unpaired) electrons. The highest BCUT2D eigenvalue weighted by Crippen LogP contribution is 2.30. The Balaban J connectivity index is 2.40. The Morgan fingerprint density at radius 1 is 1.17 bits per heavy atom. The summed E-state index contributed by atoms with van der Waals surface area (Å²) in [7, 11) is 0. The number of hydrogen-bond acceptors (Lipinski definition) is 6. The maximum atomic E-state index is 11.1. The van der Waals surface area contributed by atoms with Crippen LogP contribution in [-0.4, -0.2) is 15.6 Å². The molecular formula is C16H18N4O4. The second-order valence-electron chi connectivity index (χ2n) is 5.79. The van der Waals surface area contributed by atoms with Gasteiger partial charge in [-0.2, -0.15) is 5.10 Å². The van der Waals surface area contributed by atoms with Crippen molar-refractivity contribution in [1.29, 1.82) is 0 Å². The summed E-state index contributed by atoms with van der Waals surface area (Å²) in [5, 5.41) is 26.2. The molecule has 0 aromatic heterocycles. The van der Waals surface area contributed by atoms with Crippen LogP contribution in [0.3, 0.4) is 0 Å². The molecule has 0 fully saturated rings. The van der Waals surface area contributed by atoms with Crippen LogP contribution in [0.1, 0.15) is 33.6 Å². The molecule has 1 aromatic rings. The van der Waals surface area contributed by atoms with E-state index in [2.05, 4.69) is 10.5 Å². The predicted octanol–water partition coefficient (Wildman–Crippen LogP) is 4.35. The maximum absolute atomic E-state index is 11.1. The first-order valence-electron chi connectivity index (χ1n) is 7.40. The van der Waals surface area contributed by atoms with E-state index in [1.807, 2.05) is 26.8 Å². The van der Waals surface area contributed by atoms with Gasteiger partial charge in [-0.25, -0.2) is 0 Å². The Hall–Kier alpha value is -3.03. The van der Waals surface area contributed by atoms with Crippen molar-refractivity contribution in [3.8, 4) is 0 Å². The Morgan fingerprint density at radius 3 is 2.46 bits per heavy atom. The highest BCUT2D eigenvalue weighted by molar-refractivity contribution is 6.10. The number of rotatable bonds is 4. The molecule has 0 atom stereocenters. The van der Waals surface area contributed by atoms with Gasteiger partial charge in [-0.3, -0.25) is 25.7 Å². The van der Waals surface area contributed by atoms with Crippen molar-refractivity contribution in [1.82, 2.24) is 0 Å². The topological polar surface area (TPSA) is 111 Å². The fourth-order valence-electron chi connectivity index (χ4n) is 2.45. The zero-order chi connectivity index (χ0) is 17.9. The van der Waals surface area contributed by atoms with Gasteiger partial charge >= 0.3 is 5.69 Å². The maximum Gasteiger partial charge on any atom is 0.301 e. The van der Waals surface area contributed by atoms with Crippen LogP contribution < -0.4 is 5.43 Å². The number of non-ortho nitro benzene ring substituents is 1. The molecule has 0 amide bonds. The van der Waals surface area contributed by atoms with Crippen molar-refractivity contribution in [3.05, 3.63) is 61.2 Å². The second-order valence-corrected chi connectivity index (χ2v) is 5.79. The van der Waals surface area contributed by atoms with Crippen LogP contribution in [0, 0.1) is 20.2 Å². The number of hydrogen-bond donors (Lipinski definition) is 1. The highest BCUT2D eigenvalue weighted by atomic mass is 16.6. The average molecular weight is 330 g/mol. The van der Waals surface area contributed by atoms with Crippen LogP contribution in [0.15, 0.2) is 46.1 Å². The van der Waals surface area contributed by atoms with E-state index < -0.39 is 9.85 Å². The Labute approximate surface area is 138 Å². The van der Waals surface area contributed by atoms with E-state index >= 15 is 0 Å². The lowest BCUT2D eigenvalue weighted by Crippen LogP contribution is -2.11. The van der Waals surface area contributed by atoms with Gasteiger partial charge < -0.3 is 0 Å². The summed E-state index contributed by atoms with van der Waals surface area (Å²) in [5.41, 5.74) is 6.21. The minimum atomic E-state index is -0.669. The van der Waals surface area contributed by atoms with Gasteiger partial charge in [0, 0.05) is 6.07 Å². The van der Waals surface area contributed by atoms with Crippen LogP contribution in [-0.2, 0) is 0 Å². The molecule has 0 unspecified atom stereocenters. The molecule has 1 aromatic carbocycles. The van der Waals surface area contributed by atoms with E-state index in [1.165, 1.54) is 17.7 Å². The first kappa shape index (κ1) is 17.3. The van der Waals surface area contributed by atoms with Crippen LogP contribution >= 0.6 is 0 Å². The average Bonchev–Trinajstić information content (AvgIpc) is 2.52. The molecule has 0 heterocycles. The minimum absolute atomic E-state index is 0.114. The largest absolute Gasteiger partial charge is 0.301 e. The first-order valence-corrected chi connectivity index (χ1v) is 7.40. The zero-order valence-corrected chi connectivity index (χ0v) is 13.7. The van der Waals surface area contributed by atoms with Gasteiger partial charge in [0.25, 0.3) is 5.69 Å². The van der Waals surface area contributed by atoms with Crippen LogP contribution in [0.2, 0.25) is 0 Å². The third-order valence-corrected chi connectivity index (χ3v) is 3.75. The van der Waals surface area contributed by atoms with Crippen molar-refractivity contribution in [3.63, 3.8) is 0 Å². The van der Waals surface area contributed by atoms with Gasteiger partial charge in [0.05, 0.1) is 21.6 Å². The van der Waals surface area contributed by atoms with E-state index in [4.69, 9.17) is 0 Å². The fraction of sp³-hybridized carbons (Fsp3) is 0.312. The van der Waals surface area contributed by atoms with Crippen LogP contribution in [0.25, 0.3) is 0 Å². The van der Waals surface area contributed by atoms with Crippen molar-refractivity contribution in [2.75, 3.05) is 5.43 Å². The SMILES string of the molecule is CC1=C/C(=N/Nc2ccc([N+](=O)[O-])cc2[N+](=O)[O-])C(=C(C)C)CC1. The number of anilines is 1. The molecule has 0 saturated heterocycles. The molecule has 0 saturated carbocycles. The Morgan fingerprint density at radius 2 is 1.88 bits per heavy atom. The molecule has 1 aliphatic rings. The van der Waals surface area contributed by atoms with E-state index in [0.29, 0.717) is 0 Å². The molecular weight excluding hydrogens is 312 g/mol. The summed E-state index contributed by atoms with van der Waals surface area (Å²) in [6.07, 6.45) is 3.76. The number of nitrogens with one attached hydrogen (secondary N) is 1. The number of hydrazone groups is 1. The van der Waals surface area contributed by atoms with Crippen LogP contribution in [0.4, 0.5) is 17.1 Å². The third-order valence-electron chi connectivity index (χ3n) is 3.75. The van der Waals surface area contributed by atoms with Crippen molar-refractivity contribution in [2.45, 2.75) is 33.6 Å². The summed E-state index contributed by atoms with van der Waals surface area (Å²) in [6.45, 7) is 5.99. The Bertz CT molecular complexity index is 789. The lowest BCUT2D eigenvalue weighted by molar-refractivity contribution is -0.393. The normalized spacial score (nSPS) is 15.9. The quantitative estimate of drug-likeness (QED) is 0.651. The molecule has 1 aliphatic carbocycles. The lowest BCUT2D eigenvalue weighted by atomic mass is 9.91. The monoisotopic (exact) mass is 330 g/mol. The van der Waals surface area contributed by atoms with Crippen molar-refractivity contribution >= 4 is 22.8 Å². The number of allylic oxidation sites excluding steroid dienone is 4. The van der Waals surface area contributed by atoms with Gasteiger partial charge in [0.1, 0.15) is 5.69 Å². The summed E-state index contributed by atoms with van der Waals surface area (Å²) in [5.74, 6) is 0. The van der Waals surface area contributed by atoms with Gasteiger partial charge in [-0.15, -0.1) is 0 Å². The molecule has 0 bridgehead atoms. The molecule has 8 nitrogen and oxygen atoms in total. The number of nitro groups is 2. The number of benzene rings is 1. The van der Waals surface area contributed by atoms with E-state index in [0.717, 1.165) is 35.8 Å². The lowest BCUT2D eigenvalue weighted by Gasteiger charge is -2.17. The Kier molecular flexibility index (Phi) is 5.08. The van der Waals surface area contributed by atoms with Crippen molar-refractivity contribution < 1.29 is 9.85 Å². The van der Waals surface area contributed by atoms with Gasteiger partial charge in [0.2, 0.25) is 0 Å². The zero-order valence-electron chi connectivity index (χ0n) is 13.7. The molecule has 2 rings (SSSR count). The first-order chi connectivity index (χ1) is 11.3. The molecule has 1 N–H and O–H groups in total. The summed E-state index contributed by atoms with van der Waals surface area (Å²) >= 11 is 0. The van der Waals surface area contributed by atoms with Crippen LogP contribution in [0.5, 0.6) is 0 Å². The molecule has 24 heavy (non-hydrogen) atoms. The second kappa shape index (κ2) is 7.03. The van der Waals surface area contributed by atoms with Gasteiger partial charge in [-0.1, -0.05) is 11.1 Å². The molecule has 0 spiro atoms. The van der Waals surface area contributed by atoms with E-state index in [9.17, 15) is 20.2 Å². The highest BCUT2D eigenvalue weighted by Gasteiger charge is 2.20. The van der Waals surface area contributed by atoms with E-state index in [1.54, 1.807) is 0 Å². The molecule has 126 valence electrons. The summed E-state index contributed by atoms with van der Waals surface area (Å²) < 4.78 is 0. The third kappa shape index (κ3) is 3.83.